The average molecular weight is 418 g/mol. The molecule has 0 fully saturated rings. The van der Waals surface area contributed by atoms with E-state index >= 15 is 0 Å². The number of hydrogen-bond donors (Lipinski definition) is 0. The van der Waals surface area contributed by atoms with Crippen molar-refractivity contribution < 1.29 is 35.8 Å². The van der Waals surface area contributed by atoms with E-state index in [2.05, 4.69) is 15.1 Å². The number of nitrogens with zero attached hydrogens (tertiary/aromatic N) is 4. The summed E-state index contributed by atoms with van der Waals surface area (Å²) in [6, 6.07) is 5.40. The van der Waals surface area contributed by atoms with E-state index in [1.54, 1.807) is 0 Å². The normalized spacial score (nSPS) is 12.1. The Labute approximate surface area is 159 Å². The number of methoxy groups -OCH3 is 2. The maximum absolute atomic E-state index is 13.3. The van der Waals surface area contributed by atoms with E-state index in [0.717, 1.165) is 6.20 Å². The zero-order valence-electron chi connectivity index (χ0n) is 14.8. The zero-order valence-corrected chi connectivity index (χ0v) is 14.8. The molecule has 3 aromatic rings. The summed E-state index contributed by atoms with van der Waals surface area (Å²) in [4.78, 5) is 7.09. The maximum atomic E-state index is 13.3. The molecule has 0 N–H and O–H groups in total. The Morgan fingerprint density at radius 2 is 1.52 bits per heavy atom. The van der Waals surface area contributed by atoms with Gasteiger partial charge in [-0.15, -0.1) is 0 Å². The highest BCUT2D eigenvalue weighted by Crippen LogP contribution is 2.36. The van der Waals surface area contributed by atoms with Crippen LogP contribution in [-0.2, 0) is 12.4 Å². The van der Waals surface area contributed by atoms with Crippen LogP contribution in [0.4, 0.5) is 26.3 Å². The van der Waals surface area contributed by atoms with E-state index in [9.17, 15) is 26.3 Å². The van der Waals surface area contributed by atoms with Gasteiger partial charge in [0.1, 0.15) is 0 Å². The summed E-state index contributed by atoms with van der Waals surface area (Å²) in [5.41, 5.74) is -2.85. The summed E-state index contributed by atoms with van der Waals surface area (Å²) in [6.07, 6.45) is -8.99. The van der Waals surface area contributed by atoms with Crippen molar-refractivity contribution in [3.63, 3.8) is 0 Å². The number of rotatable bonds is 4. The van der Waals surface area contributed by atoms with Gasteiger partial charge in [-0.25, -0.2) is 9.97 Å². The van der Waals surface area contributed by atoms with Gasteiger partial charge in [-0.05, 0) is 30.3 Å². The van der Waals surface area contributed by atoms with Crippen molar-refractivity contribution in [2.75, 3.05) is 14.2 Å². The van der Waals surface area contributed by atoms with Crippen molar-refractivity contribution >= 4 is 0 Å². The predicted molar refractivity (Wildman–Crippen MR) is 87.7 cm³/mol. The molecular formula is C17H12F6N4O2. The molecule has 2 heterocycles. The lowest BCUT2D eigenvalue weighted by Gasteiger charge is -2.14. The van der Waals surface area contributed by atoms with Crippen molar-refractivity contribution in [2.24, 2.45) is 0 Å². The number of benzene rings is 1. The van der Waals surface area contributed by atoms with Crippen LogP contribution in [0, 0.1) is 0 Å². The number of ether oxygens (including phenoxy) is 2. The number of alkyl halides is 6. The first-order valence-electron chi connectivity index (χ1n) is 7.85. The van der Waals surface area contributed by atoms with Crippen LogP contribution in [0.3, 0.4) is 0 Å². The average Bonchev–Trinajstić information content (AvgIpc) is 3.17. The lowest BCUT2D eigenvalue weighted by Crippen LogP contribution is -2.18. The number of aromatic nitrogens is 4. The standard InChI is InChI=1S/C17H12F6N4O2/c1-28-11-4-3-9(7-12(11)29-2)10-8-13(16(18,19)20)26-15(25-10)27-14(5-6-24-27)17(21,22)23/h3-8H,1-2H3. The van der Waals surface area contributed by atoms with Crippen molar-refractivity contribution in [1.82, 2.24) is 19.7 Å². The predicted octanol–water partition coefficient (Wildman–Crippen LogP) is 4.38. The molecule has 0 saturated heterocycles. The number of hydrogen-bond acceptors (Lipinski definition) is 5. The molecule has 0 radical (unpaired) electrons. The van der Waals surface area contributed by atoms with Gasteiger partial charge < -0.3 is 9.47 Å². The topological polar surface area (TPSA) is 62.1 Å². The van der Waals surface area contributed by atoms with Crippen LogP contribution >= 0.6 is 0 Å². The summed E-state index contributed by atoms with van der Waals surface area (Å²) >= 11 is 0. The molecule has 12 heteroatoms. The quantitative estimate of drug-likeness (QED) is 0.589. The second kappa shape index (κ2) is 7.26. The van der Waals surface area contributed by atoms with Crippen LogP contribution in [0.15, 0.2) is 36.5 Å². The van der Waals surface area contributed by atoms with Crippen LogP contribution in [-0.4, -0.2) is 34.0 Å². The fourth-order valence-corrected chi connectivity index (χ4v) is 2.50. The molecule has 0 saturated carbocycles. The molecule has 29 heavy (non-hydrogen) atoms. The molecule has 0 aliphatic rings. The van der Waals surface area contributed by atoms with Gasteiger partial charge in [0.2, 0.25) is 0 Å². The van der Waals surface area contributed by atoms with Crippen LogP contribution in [0.2, 0.25) is 0 Å². The van der Waals surface area contributed by atoms with E-state index in [-0.39, 0.29) is 21.7 Å². The fraction of sp³-hybridized carbons (Fsp3) is 0.235. The van der Waals surface area contributed by atoms with E-state index in [0.29, 0.717) is 17.9 Å². The second-order valence-corrected chi connectivity index (χ2v) is 5.63. The maximum Gasteiger partial charge on any atom is 0.433 e. The van der Waals surface area contributed by atoms with Crippen LogP contribution in [0.1, 0.15) is 11.4 Å². The second-order valence-electron chi connectivity index (χ2n) is 5.63. The van der Waals surface area contributed by atoms with E-state index in [1.807, 2.05) is 0 Å². The minimum absolute atomic E-state index is 0.150. The fourth-order valence-electron chi connectivity index (χ4n) is 2.50. The smallest absolute Gasteiger partial charge is 0.433 e. The molecule has 0 aliphatic carbocycles. The molecule has 6 nitrogen and oxygen atoms in total. The Bertz CT molecular complexity index is 1030. The summed E-state index contributed by atoms with van der Waals surface area (Å²) in [5, 5.41) is 3.43. The van der Waals surface area contributed by atoms with Gasteiger partial charge >= 0.3 is 12.4 Å². The number of halogens is 6. The van der Waals surface area contributed by atoms with Gasteiger partial charge in [-0.3, -0.25) is 0 Å². The first kappa shape index (κ1) is 20.4. The van der Waals surface area contributed by atoms with E-state index < -0.39 is 29.7 Å². The minimum Gasteiger partial charge on any atom is -0.493 e. The van der Waals surface area contributed by atoms with Gasteiger partial charge in [0.05, 0.1) is 26.1 Å². The highest BCUT2D eigenvalue weighted by Gasteiger charge is 2.38. The lowest BCUT2D eigenvalue weighted by molar-refractivity contribution is -0.143. The monoisotopic (exact) mass is 418 g/mol. The van der Waals surface area contributed by atoms with Crippen molar-refractivity contribution in [3.8, 4) is 28.7 Å². The molecule has 0 spiro atoms. The molecule has 2 aromatic heterocycles. The van der Waals surface area contributed by atoms with Crippen LogP contribution in [0.25, 0.3) is 17.2 Å². The SMILES string of the molecule is COc1ccc(-c2cc(C(F)(F)F)nc(-n3nccc3C(F)(F)F)n2)cc1OC. The molecule has 0 bridgehead atoms. The van der Waals surface area contributed by atoms with Crippen LogP contribution in [0.5, 0.6) is 11.5 Å². The first-order chi connectivity index (χ1) is 13.5. The molecule has 0 amide bonds. The van der Waals surface area contributed by atoms with E-state index in [4.69, 9.17) is 9.47 Å². The Balaban J connectivity index is 2.23. The third-order valence-electron chi connectivity index (χ3n) is 3.81. The Morgan fingerprint density at radius 1 is 0.828 bits per heavy atom. The molecule has 154 valence electrons. The van der Waals surface area contributed by atoms with Crippen molar-refractivity contribution in [1.29, 1.82) is 0 Å². The van der Waals surface area contributed by atoms with Gasteiger partial charge in [0, 0.05) is 5.56 Å². The van der Waals surface area contributed by atoms with Gasteiger partial charge in [-0.1, -0.05) is 0 Å². The highest BCUT2D eigenvalue weighted by molar-refractivity contribution is 5.65. The summed E-state index contributed by atoms with van der Waals surface area (Å²) in [5.74, 6) is -0.358. The lowest BCUT2D eigenvalue weighted by atomic mass is 10.1. The summed E-state index contributed by atoms with van der Waals surface area (Å²) < 4.78 is 89.7. The zero-order chi connectivity index (χ0) is 21.4. The Morgan fingerprint density at radius 3 is 2.10 bits per heavy atom. The molecule has 0 atom stereocenters. The summed E-state index contributed by atoms with van der Waals surface area (Å²) in [6.45, 7) is 0. The molecule has 3 rings (SSSR count). The molecule has 0 unspecified atom stereocenters. The van der Waals surface area contributed by atoms with Crippen LogP contribution < -0.4 is 9.47 Å². The Hall–Kier alpha value is -3.31. The first-order valence-corrected chi connectivity index (χ1v) is 7.85. The molecular weight excluding hydrogens is 406 g/mol. The highest BCUT2D eigenvalue weighted by atomic mass is 19.4. The van der Waals surface area contributed by atoms with Gasteiger partial charge in [0.25, 0.3) is 5.95 Å². The molecule has 1 aromatic carbocycles. The van der Waals surface area contributed by atoms with Crippen molar-refractivity contribution in [3.05, 3.63) is 47.9 Å². The minimum atomic E-state index is -4.92. The Kier molecular flexibility index (Phi) is 5.11. The summed E-state index contributed by atoms with van der Waals surface area (Å²) in [7, 11) is 2.70. The molecule has 0 aliphatic heterocycles. The third-order valence-corrected chi connectivity index (χ3v) is 3.81. The third kappa shape index (κ3) is 4.10. The largest absolute Gasteiger partial charge is 0.493 e. The van der Waals surface area contributed by atoms with Gasteiger partial charge in [-0.2, -0.15) is 36.1 Å². The van der Waals surface area contributed by atoms with E-state index in [1.165, 1.54) is 32.4 Å². The van der Waals surface area contributed by atoms with Crippen molar-refractivity contribution in [2.45, 2.75) is 12.4 Å². The van der Waals surface area contributed by atoms with Gasteiger partial charge in [0.15, 0.2) is 22.9 Å².